The summed E-state index contributed by atoms with van der Waals surface area (Å²) in [6.07, 6.45) is 2.56. The number of ether oxygens (including phenoxy) is 1. The number of hydrogen-bond donors (Lipinski definition) is 1. The molecule has 0 saturated carbocycles. The fourth-order valence-corrected chi connectivity index (χ4v) is 3.68. The van der Waals surface area contributed by atoms with Crippen molar-refractivity contribution in [2.75, 3.05) is 7.11 Å². The summed E-state index contributed by atoms with van der Waals surface area (Å²) in [7, 11) is 1.65. The average Bonchev–Trinajstić information content (AvgIpc) is 2.94. The molecular formula is C22H25N3O2. The number of primary amides is 1. The summed E-state index contributed by atoms with van der Waals surface area (Å²) in [4.78, 5) is 16.8. The number of pyridine rings is 1. The third-order valence-electron chi connectivity index (χ3n) is 4.94. The lowest BCUT2D eigenvalue weighted by Gasteiger charge is -2.12. The van der Waals surface area contributed by atoms with Gasteiger partial charge in [0.1, 0.15) is 5.75 Å². The second-order valence-electron chi connectivity index (χ2n) is 6.59. The van der Waals surface area contributed by atoms with E-state index in [9.17, 15) is 4.79 Å². The Labute approximate surface area is 159 Å². The van der Waals surface area contributed by atoms with Gasteiger partial charge in [-0.05, 0) is 55.7 Å². The summed E-state index contributed by atoms with van der Waals surface area (Å²) in [5.41, 5.74) is 12.2. The van der Waals surface area contributed by atoms with E-state index in [0.29, 0.717) is 12.1 Å². The van der Waals surface area contributed by atoms with Crippen LogP contribution in [0.2, 0.25) is 0 Å². The van der Waals surface area contributed by atoms with Gasteiger partial charge in [-0.15, -0.1) is 0 Å². The van der Waals surface area contributed by atoms with Gasteiger partial charge in [0, 0.05) is 23.1 Å². The second kappa shape index (κ2) is 7.66. The number of aryl methyl sites for hydroxylation is 1. The molecule has 3 rings (SSSR count). The molecule has 0 aliphatic heterocycles. The maximum Gasteiger partial charge on any atom is 0.251 e. The molecule has 0 unspecified atom stereocenters. The number of hydrogen-bond acceptors (Lipinski definition) is 3. The van der Waals surface area contributed by atoms with Crippen LogP contribution in [0, 0.1) is 13.8 Å². The first-order valence-electron chi connectivity index (χ1n) is 9.04. The molecule has 0 atom stereocenters. The molecule has 0 spiro atoms. The van der Waals surface area contributed by atoms with Gasteiger partial charge >= 0.3 is 0 Å². The number of benzene rings is 1. The molecule has 2 aromatic heterocycles. The van der Waals surface area contributed by atoms with Crippen molar-refractivity contribution < 1.29 is 9.53 Å². The number of rotatable bonds is 6. The van der Waals surface area contributed by atoms with Crippen LogP contribution in [0.15, 0.2) is 42.6 Å². The lowest BCUT2D eigenvalue weighted by molar-refractivity contribution is 0.1000. The van der Waals surface area contributed by atoms with Crippen LogP contribution in [0.1, 0.15) is 39.9 Å². The van der Waals surface area contributed by atoms with Crippen molar-refractivity contribution >= 4 is 5.91 Å². The quantitative estimate of drug-likeness (QED) is 0.722. The highest BCUT2D eigenvalue weighted by Gasteiger charge is 2.24. The van der Waals surface area contributed by atoms with Crippen molar-refractivity contribution in [3.8, 4) is 16.9 Å². The maximum absolute atomic E-state index is 12.3. The Kier molecular flexibility index (Phi) is 5.31. The number of amides is 1. The number of nitrogens with zero attached hydrogens (tertiary/aromatic N) is 2. The molecule has 1 amide bonds. The first-order chi connectivity index (χ1) is 13.0. The van der Waals surface area contributed by atoms with Gasteiger partial charge in [-0.25, -0.2) is 0 Å². The fraction of sp³-hybridized carbons (Fsp3) is 0.273. The molecule has 3 aromatic rings. The zero-order valence-electron chi connectivity index (χ0n) is 16.2. The summed E-state index contributed by atoms with van der Waals surface area (Å²) in [5, 5.41) is 0. The van der Waals surface area contributed by atoms with Crippen molar-refractivity contribution in [2.24, 2.45) is 5.73 Å². The molecule has 5 nitrogen and oxygen atoms in total. The Morgan fingerprint density at radius 3 is 2.56 bits per heavy atom. The van der Waals surface area contributed by atoms with E-state index in [1.54, 1.807) is 13.3 Å². The summed E-state index contributed by atoms with van der Waals surface area (Å²) < 4.78 is 7.52. The topological polar surface area (TPSA) is 70.1 Å². The predicted molar refractivity (Wildman–Crippen MR) is 107 cm³/mol. The van der Waals surface area contributed by atoms with E-state index in [1.807, 2.05) is 50.2 Å². The molecule has 0 saturated heterocycles. The minimum atomic E-state index is -0.412. The zero-order chi connectivity index (χ0) is 19.6. The molecule has 0 fully saturated rings. The van der Waals surface area contributed by atoms with Gasteiger partial charge in [-0.2, -0.15) is 0 Å². The van der Waals surface area contributed by atoms with Gasteiger partial charge in [0.05, 0.1) is 24.9 Å². The van der Waals surface area contributed by atoms with Crippen LogP contribution in [0.25, 0.3) is 11.1 Å². The zero-order valence-corrected chi connectivity index (χ0v) is 16.2. The van der Waals surface area contributed by atoms with Gasteiger partial charge in [0.2, 0.25) is 0 Å². The van der Waals surface area contributed by atoms with E-state index < -0.39 is 5.91 Å². The summed E-state index contributed by atoms with van der Waals surface area (Å²) in [6, 6.07) is 11.8. The van der Waals surface area contributed by atoms with E-state index in [2.05, 4.69) is 16.5 Å². The van der Waals surface area contributed by atoms with E-state index in [-0.39, 0.29) is 0 Å². The van der Waals surface area contributed by atoms with Crippen molar-refractivity contribution in [1.29, 1.82) is 0 Å². The Bertz CT molecular complexity index is 975. The molecule has 5 heteroatoms. The largest absolute Gasteiger partial charge is 0.496 e. The monoisotopic (exact) mass is 363 g/mol. The number of aromatic nitrogens is 2. The van der Waals surface area contributed by atoms with E-state index in [1.165, 1.54) is 0 Å². The van der Waals surface area contributed by atoms with Crippen molar-refractivity contribution in [2.45, 2.75) is 33.7 Å². The number of methoxy groups -OCH3 is 1. The van der Waals surface area contributed by atoms with Crippen LogP contribution < -0.4 is 10.5 Å². The third kappa shape index (κ3) is 3.45. The highest BCUT2D eigenvalue weighted by molar-refractivity contribution is 6.02. The molecule has 2 heterocycles. The Morgan fingerprint density at radius 1 is 1.22 bits per heavy atom. The Balaban J connectivity index is 2.22. The molecule has 0 aliphatic rings. The van der Waals surface area contributed by atoms with Crippen LogP contribution in [-0.4, -0.2) is 22.6 Å². The maximum atomic E-state index is 12.3. The van der Waals surface area contributed by atoms with Crippen molar-refractivity contribution in [3.63, 3.8) is 0 Å². The minimum Gasteiger partial charge on any atom is -0.496 e. The molecule has 140 valence electrons. The summed E-state index contributed by atoms with van der Waals surface area (Å²) >= 11 is 0. The predicted octanol–water partition coefficient (Wildman–Crippen LogP) is 3.89. The highest BCUT2D eigenvalue weighted by atomic mass is 16.5. The van der Waals surface area contributed by atoms with Crippen LogP contribution in [-0.2, 0) is 13.0 Å². The lowest BCUT2D eigenvalue weighted by Crippen LogP contribution is -2.14. The normalized spacial score (nSPS) is 10.8. The summed E-state index contributed by atoms with van der Waals surface area (Å²) in [6.45, 7) is 6.64. The molecule has 0 aliphatic carbocycles. The van der Waals surface area contributed by atoms with Gasteiger partial charge < -0.3 is 15.0 Å². The molecule has 27 heavy (non-hydrogen) atoms. The Morgan fingerprint density at radius 2 is 2.00 bits per heavy atom. The molecular weight excluding hydrogens is 338 g/mol. The first kappa shape index (κ1) is 18.7. The number of carbonyl (C=O) groups excluding carboxylic acids is 1. The van der Waals surface area contributed by atoms with E-state index in [0.717, 1.165) is 45.9 Å². The van der Waals surface area contributed by atoms with Crippen LogP contribution in [0.5, 0.6) is 5.75 Å². The van der Waals surface area contributed by atoms with Gasteiger partial charge in [0.25, 0.3) is 5.91 Å². The van der Waals surface area contributed by atoms with Gasteiger partial charge in [-0.1, -0.05) is 19.1 Å². The van der Waals surface area contributed by atoms with E-state index >= 15 is 0 Å². The van der Waals surface area contributed by atoms with Crippen LogP contribution >= 0.6 is 0 Å². The van der Waals surface area contributed by atoms with Crippen LogP contribution in [0.3, 0.4) is 0 Å². The van der Waals surface area contributed by atoms with Crippen molar-refractivity contribution in [1.82, 2.24) is 9.55 Å². The molecule has 0 radical (unpaired) electrons. The van der Waals surface area contributed by atoms with Gasteiger partial charge in [-0.3, -0.25) is 9.78 Å². The highest BCUT2D eigenvalue weighted by Crippen LogP contribution is 2.35. The Hall–Kier alpha value is -3.08. The average molecular weight is 363 g/mol. The lowest BCUT2D eigenvalue weighted by atomic mass is 9.97. The molecule has 0 bridgehead atoms. The van der Waals surface area contributed by atoms with E-state index in [4.69, 9.17) is 10.5 Å². The van der Waals surface area contributed by atoms with Crippen molar-refractivity contribution in [3.05, 3.63) is 70.8 Å². The summed E-state index contributed by atoms with van der Waals surface area (Å²) in [5.74, 6) is 0.410. The SMILES string of the molecule is CCc1c(-c2ccc(OC)c(C)c2)c(C(N)=O)c(C)n1Cc1ccccn1. The minimum absolute atomic E-state index is 0.412. The molecule has 2 N–H and O–H groups in total. The standard InChI is InChI=1S/C22H25N3O2/c1-5-18-21(16-9-10-19(27-4)14(2)12-16)20(22(23)26)15(3)25(18)13-17-8-6-7-11-24-17/h6-12H,5,13H2,1-4H3,(H2,23,26). The fourth-order valence-electron chi connectivity index (χ4n) is 3.68. The number of nitrogens with two attached hydrogens (primary N) is 1. The smallest absolute Gasteiger partial charge is 0.251 e. The second-order valence-corrected chi connectivity index (χ2v) is 6.59. The number of carbonyl (C=O) groups is 1. The van der Waals surface area contributed by atoms with Crippen LogP contribution in [0.4, 0.5) is 0 Å². The first-order valence-corrected chi connectivity index (χ1v) is 9.04. The third-order valence-corrected chi connectivity index (χ3v) is 4.94. The molecule has 1 aromatic carbocycles. The van der Waals surface area contributed by atoms with Gasteiger partial charge in [0.15, 0.2) is 0 Å².